The van der Waals surface area contributed by atoms with Crippen molar-refractivity contribution in [2.75, 3.05) is 18.6 Å². The number of rotatable bonds is 4. The van der Waals surface area contributed by atoms with Crippen molar-refractivity contribution >= 4 is 15.7 Å². The Kier molecular flexibility index (Phi) is 4.21. The number of amides is 1. The van der Waals surface area contributed by atoms with E-state index < -0.39 is 9.84 Å². The van der Waals surface area contributed by atoms with Crippen molar-refractivity contribution in [2.45, 2.75) is 18.9 Å². The van der Waals surface area contributed by atoms with Gasteiger partial charge in [-0.25, -0.2) is 13.1 Å². The highest BCUT2D eigenvalue weighted by atomic mass is 32.2. The van der Waals surface area contributed by atoms with Crippen molar-refractivity contribution in [3.63, 3.8) is 0 Å². The lowest BCUT2D eigenvalue weighted by Crippen LogP contribution is -2.38. The van der Waals surface area contributed by atoms with E-state index in [1.807, 2.05) is 36.5 Å². The summed E-state index contributed by atoms with van der Waals surface area (Å²) in [6.07, 6.45) is 4.37. The molecule has 7 heteroatoms. The van der Waals surface area contributed by atoms with Gasteiger partial charge in [0.15, 0.2) is 9.84 Å². The second kappa shape index (κ2) is 6.16. The van der Waals surface area contributed by atoms with Crippen molar-refractivity contribution in [3.05, 3.63) is 48.3 Å². The Balaban J connectivity index is 1.64. The molecule has 0 unspecified atom stereocenters. The van der Waals surface area contributed by atoms with E-state index in [-0.39, 0.29) is 29.9 Å². The van der Waals surface area contributed by atoms with E-state index in [2.05, 4.69) is 5.10 Å². The Labute approximate surface area is 135 Å². The third-order valence-electron chi connectivity index (χ3n) is 4.21. The van der Waals surface area contributed by atoms with Gasteiger partial charge in [-0.1, -0.05) is 12.1 Å². The minimum atomic E-state index is -2.98. The van der Waals surface area contributed by atoms with Gasteiger partial charge in [0.2, 0.25) is 5.91 Å². The van der Waals surface area contributed by atoms with E-state index in [4.69, 9.17) is 0 Å². The first-order valence-electron chi connectivity index (χ1n) is 7.50. The van der Waals surface area contributed by atoms with Gasteiger partial charge in [-0.3, -0.25) is 4.79 Å². The smallest absolute Gasteiger partial charge is 0.227 e. The summed E-state index contributed by atoms with van der Waals surface area (Å²) in [5.74, 6) is 0.195. The third-order valence-corrected chi connectivity index (χ3v) is 5.96. The molecule has 1 aliphatic rings. The van der Waals surface area contributed by atoms with Gasteiger partial charge < -0.3 is 4.90 Å². The Morgan fingerprint density at radius 2 is 2.09 bits per heavy atom. The number of carbonyl (C=O) groups is 1. The molecule has 0 N–H and O–H groups in total. The molecule has 1 aliphatic heterocycles. The van der Waals surface area contributed by atoms with Gasteiger partial charge in [-0.05, 0) is 30.2 Å². The molecule has 1 amide bonds. The SMILES string of the molecule is CN(C(=O)Cc1ccc(-n2cccn2)cc1)[C@@H]1CCS(=O)(=O)C1. The molecule has 1 aromatic carbocycles. The predicted molar refractivity (Wildman–Crippen MR) is 87.1 cm³/mol. The fourth-order valence-electron chi connectivity index (χ4n) is 2.77. The lowest BCUT2D eigenvalue weighted by molar-refractivity contribution is -0.130. The molecule has 6 nitrogen and oxygen atoms in total. The minimum Gasteiger partial charge on any atom is -0.341 e. The first-order valence-corrected chi connectivity index (χ1v) is 9.32. The number of hydrogen-bond donors (Lipinski definition) is 0. The summed E-state index contributed by atoms with van der Waals surface area (Å²) in [5, 5.41) is 4.16. The van der Waals surface area contributed by atoms with Crippen LogP contribution in [-0.2, 0) is 21.1 Å². The van der Waals surface area contributed by atoms with Crippen molar-refractivity contribution < 1.29 is 13.2 Å². The fraction of sp³-hybridized carbons (Fsp3) is 0.375. The maximum Gasteiger partial charge on any atom is 0.227 e. The number of nitrogens with zero attached hydrogens (tertiary/aromatic N) is 3. The summed E-state index contributed by atoms with van der Waals surface area (Å²) in [7, 11) is -1.29. The molecule has 0 spiro atoms. The van der Waals surface area contributed by atoms with Crippen LogP contribution in [0.15, 0.2) is 42.7 Å². The number of hydrogen-bond acceptors (Lipinski definition) is 4. The highest BCUT2D eigenvalue weighted by Gasteiger charge is 2.32. The van der Waals surface area contributed by atoms with E-state index in [0.29, 0.717) is 6.42 Å². The third kappa shape index (κ3) is 3.61. The van der Waals surface area contributed by atoms with Gasteiger partial charge in [-0.2, -0.15) is 5.10 Å². The van der Waals surface area contributed by atoms with E-state index in [1.54, 1.807) is 22.8 Å². The van der Waals surface area contributed by atoms with Crippen LogP contribution in [0.2, 0.25) is 0 Å². The van der Waals surface area contributed by atoms with Gasteiger partial charge in [0.25, 0.3) is 0 Å². The highest BCUT2D eigenvalue weighted by Crippen LogP contribution is 2.18. The molecule has 1 atom stereocenters. The first-order chi connectivity index (χ1) is 10.9. The summed E-state index contributed by atoms with van der Waals surface area (Å²) >= 11 is 0. The van der Waals surface area contributed by atoms with E-state index in [0.717, 1.165) is 11.3 Å². The maximum absolute atomic E-state index is 12.3. The Morgan fingerprint density at radius 1 is 1.35 bits per heavy atom. The highest BCUT2D eigenvalue weighted by molar-refractivity contribution is 7.91. The normalized spacial score (nSPS) is 19.6. The van der Waals surface area contributed by atoms with Crippen LogP contribution in [0.1, 0.15) is 12.0 Å². The van der Waals surface area contributed by atoms with Gasteiger partial charge in [-0.15, -0.1) is 0 Å². The van der Waals surface area contributed by atoms with Crippen LogP contribution in [0, 0.1) is 0 Å². The van der Waals surface area contributed by atoms with E-state index >= 15 is 0 Å². The van der Waals surface area contributed by atoms with Gasteiger partial charge in [0, 0.05) is 25.5 Å². The summed E-state index contributed by atoms with van der Waals surface area (Å²) in [4.78, 5) is 13.9. The van der Waals surface area contributed by atoms with Crippen LogP contribution in [0.3, 0.4) is 0 Å². The largest absolute Gasteiger partial charge is 0.341 e. The number of aromatic nitrogens is 2. The number of sulfone groups is 1. The fourth-order valence-corrected chi connectivity index (χ4v) is 4.55. The molecule has 1 aromatic heterocycles. The topological polar surface area (TPSA) is 72.3 Å². The standard InChI is InChI=1S/C16H19N3O3S/c1-18(15-7-10-23(21,22)12-15)16(20)11-13-3-5-14(6-4-13)19-9-2-8-17-19/h2-6,8-9,15H,7,10-12H2,1H3/t15-/m1/s1. The summed E-state index contributed by atoms with van der Waals surface area (Å²) in [6.45, 7) is 0. The minimum absolute atomic E-state index is 0.0565. The number of carbonyl (C=O) groups excluding carboxylic acids is 1. The molecule has 2 aromatic rings. The molecule has 1 fully saturated rings. The van der Waals surface area contributed by atoms with Crippen LogP contribution < -0.4 is 0 Å². The first kappa shape index (κ1) is 15.7. The van der Waals surface area contributed by atoms with Crippen molar-refractivity contribution in [3.8, 4) is 5.69 Å². The molecular weight excluding hydrogens is 314 g/mol. The van der Waals surface area contributed by atoms with Gasteiger partial charge >= 0.3 is 0 Å². The van der Waals surface area contributed by atoms with Gasteiger partial charge in [0.1, 0.15) is 0 Å². The molecule has 2 heterocycles. The van der Waals surface area contributed by atoms with Gasteiger partial charge in [0.05, 0.1) is 23.6 Å². The lowest BCUT2D eigenvalue weighted by atomic mass is 10.1. The maximum atomic E-state index is 12.3. The second-order valence-corrected chi connectivity index (χ2v) is 8.08. The number of likely N-dealkylation sites (N-methyl/N-ethyl adjacent to an activating group) is 1. The van der Waals surface area contributed by atoms with Crippen LogP contribution in [-0.4, -0.2) is 53.6 Å². The average Bonchev–Trinajstić information content (AvgIpc) is 3.16. The molecular formula is C16H19N3O3S. The molecule has 122 valence electrons. The quantitative estimate of drug-likeness (QED) is 0.839. The Bertz CT molecular complexity index is 782. The summed E-state index contributed by atoms with van der Waals surface area (Å²) in [6, 6.07) is 9.27. The molecule has 0 radical (unpaired) electrons. The molecule has 0 saturated carbocycles. The van der Waals surface area contributed by atoms with Crippen molar-refractivity contribution in [1.82, 2.24) is 14.7 Å². The zero-order valence-electron chi connectivity index (χ0n) is 12.9. The molecule has 3 rings (SSSR count). The second-order valence-electron chi connectivity index (χ2n) is 5.86. The number of benzene rings is 1. The Morgan fingerprint density at radius 3 is 2.65 bits per heavy atom. The molecule has 0 aliphatic carbocycles. The summed E-state index contributed by atoms with van der Waals surface area (Å²) < 4.78 is 24.8. The van der Waals surface area contributed by atoms with Crippen molar-refractivity contribution in [2.24, 2.45) is 0 Å². The monoisotopic (exact) mass is 333 g/mol. The van der Waals surface area contributed by atoms with Crippen LogP contribution >= 0.6 is 0 Å². The van der Waals surface area contributed by atoms with E-state index in [1.165, 1.54) is 0 Å². The van der Waals surface area contributed by atoms with E-state index in [9.17, 15) is 13.2 Å². The molecule has 0 bridgehead atoms. The van der Waals surface area contributed by atoms with Crippen molar-refractivity contribution in [1.29, 1.82) is 0 Å². The average molecular weight is 333 g/mol. The zero-order valence-corrected chi connectivity index (χ0v) is 13.7. The Hall–Kier alpha value is -2.15. The van der Waals surface area contributed by atoms with Crippen LogP contribution in [0.4, 0.5) is 0 Å². The van der Waals surface area contributed by atoms with Crippen LogP contribution in [0.5, 0.6) is 0 Å². The van der Waals surface area contributed by atoms with Crippen LogP contribution in [0.25, 0.3) is 5.69 Å². The summed E-state index contributed by atoms with van der Waals surface area (Å²) in [5.41, 5.74) is 1.83. The lowest BCUT2D eigenvalue weighted by Gasteiger charge is -2.23. The predicted octanol–water partition coefficient (Wildman–Crippen LogP) is 1.06. The molecule has 23 heavy (non-hydrogen) atoms. The zero-order chi connectivity index (χ0) is 16.4. The molecule has 1 saturated heterocycles.